The highest BCUT2D eigenvalue weighted by atomic mass is 19.1. The fourth-order valence-electron chi connectivity index (χ4n) is 2.64. The molecule has 2 rings (SSSR count). The number of Topliss-reactive ketones (excluding diaryl/α,β-unsaturated/α-hetero) is 1. The first-order chi connectivity index (χ1) is 14.2. The summed E-state index contributed by atoms with van der Waals surface area (Å²) in [5.41, 5.74) is 0.841. The van der Waals surface area contributed by atoms with E-state index in [1.165, 1.54) is 19.1 Å². The molecule has 1 atom stereocenters. The molecule has 0 fully saturated rings. The van der Waals surface area contributed by atoms with E-state index in [0.29, 0.717) is 11.3 Å². The third-order valence-electron chi connectivity index (χ3n) is 4.24. The maximum Gasteiger partial charge on any atom is 0.329 e. The van der Waals surface area contributed by atoms with E-state index in [1.807, 2.05) is 0 Å². The summed E-state index contributed by atoms with van der Waals surface area (Å²) < 4.78 is 18.1. The number of nitrogens with one attached hydrogen (secondary N) is 2. The van der Waals surface area contributed by atoms with E-state index < -0.39 is 36.2 Å². The fourth-order valence-corrected chi connectivity index (χ4v) is 2.64. The third kappa shape index (κ3) is 6.23. The van der Waals surface area contributed by atoms with Gasteiger partial charge in [0.1, 0.15) is 11.9 Å². The second-order valence-corrected chi connectivity index (χ2v) is 6.96. The number of ketones is 1. The number of ether oxygens (including phenoxy) is 1. The maximum absolute atomic E-state index is 13.0. The zero-order valence-corrected chi connectivity index (χ0v) is 16.9. The number of halogens is 1. The SMILES string of the molecule is CC(=O)c1ccccc1NC(=O)COC(=O)[C@@H](NC(=O)c1ccc(F)cc1)C(C)C. The normalized spacial score (nSPS) is 11.5. The second kappa shape index (κ2) is 10.3. The van der Waals surface area contributed by atoms with Crippen molar-refractivity contribution in [1.29, 1.82) is 0 Å². The van der Waals surface area contributed by atoms with Crippen LogP contribution in [0.1, 0.15) is 41.5 Å². The van der Waals surface area contributed by atoms with Crippen molar-refractivity contribution in [2.24, 2.45) is 5.92 Å². The molecule has 0 bridgehead atoms. The van der Waals surface area contributed by atoms with Gasteiger partial charge >= 0.3 is 5.97 Å². The molecule has 0 unspecified atom stereocenters. The molecular weight excluding hydrogens is 391 g/mol. The minimum Gasteiger partial charge on any atom is -0.454 e. The number of benzene rings is 2. The number of para-hydroxylation sites is 1. The highest BCUT2D eigenvalue weighted by Crippen LogP contribution is 2.15. The molecule has 7 nitrogen and oxygen atoms in total. The molecule has 2 amide bonds. The van der Waals surface area contributed by atoms with Crippen molar-refractivity contribution in [3.05, 3.63) is 65.5 Å². The van der Waals surface area contributed by atoms with Gasteiger partial charge in [-0.25, -0.2) is 9.18 Å². The van der Waals surface area contributed by atoms with E-state index in [1.54, 1.807) is 38.1 Å². The summed E-state index contributed by atoms with van der Waals surface area (Å²) in [5.74, 6) is -2.98. The molecule has 0 aliphatic heterocycles. The Morgan fingerprint density at radius 1 is 1.00 bits per heavy atom. The lowest BCUT2D eigenvalue weighted by Crippen LogP contribution is -2.45. The van der Waals surface area contributed by atoms with Crippen molar-refractivity contribution < 1.29 is 28.3 Å². The van der Waals surface area contributed by atoms with Crippen LogP contribution < -0.4 is 10.6 Å². The number of carbonyl (C=O) groups excluding carboxylic acids is 4. The van der Waals surface area contributed by atoms with Crippen molar-refractivity contribution in [2.75, 3.05) is 11.9 Å². The van der Waals surface area contributed by atoms with Gasteiger partial charge in [0, 0.05) is 11.1 Å². The molecule has 30 heavy (non-hydrogen) atoms. The minimum atomic E-state index is -1.00. The van der Waals surface area contributed by atoms with Gasteiger partial charge in [-0.2, -0.15) is 0 Å². The van der Waals surface area contributed by atoms with E-state index >= 15 is 0 Å². The van der Waals surface area contributed by atoms with Gasteiger partial charge in [0.05, 0.1) is 5.69 Å². The molecule has 2 N–H and O–H groups in total. The topological polar surface area (TPSA) is 102 Å². The number of rotatable bonds is 8. The smallest absolute Gasteiger partial charge is 0.329 e. The Labute approximate surface area is 173 Å². The lowest BCUT2D eigenvalue weighted by atomic mass is 10.0. The Morgan fingerprint density at radius 3 is 2.23 bits per heavy atom. The number of hydrogen-bond donors (Lipinski definition) is 2. The van der Waals surface area contributed by atoms with Crippen LogP contribution in [0.5, 0.6) is 0 Å². The van der Waals surface area contributed by atoms with Crippen LogP contribution in [0, 0.1) is 11.7 Å². The van der Waals surface area contributed by atoms with Crippen molar-refractivity contribution in [3.8, 4) is 0 Å². The molecule has 0 radical (unpaired) electrons. The predicted octanol–water partition coefficient (Wildman–Crippen LogP) is 2.96. The summed E-state index contributed by atoms with van der Waals surface area (Å²) in [6, 6.07) is 10.3. The van der Waals surface area contributed by atoms with E-state index in [9.17, 15) is 23.6 Å². The fraction of sp³-hybridized carbons (Fsp3) is 0.273. The predicted molar refractivity (Wildman–Crippen MR) is 109 cm³/mol. The summed E-state index contributed by atoms with van der Waals surface area (Å²) in [4.78, 5) is 48.5. The number of anilines is 1. The zero-order chi connectivity index (χ0) is 22.3. The molecular formula is C22H23FN2O5. The summed E-state index contributed by atoms with van der Waals surface area (Å²) >= 11 is 0. The Hall–Kier alpha value is -3.55. The van der Waals surface area contributed by atoms with Crippen molar-refractivity contribution in [3.63, 3.8) is 0 Å². The summed E-state index contributed by atoms with van der Waals surface area (Å²) in [5, 5.41) is 5.06. The molecule has 8 heteroatoms. The molecule has 2 aromatic rings. The monoisotopic (exact) mass is 414 g/mol. The Morgan fingerprint density at radius 2 is 1.63 bits per heavy atom. The van der Waals surface area contributed by atoms with Crippen LogP contribution in [0.4, 0.5) is 10.1 Å². The van der Waals surface area contributed by atoms with Gasteiger partial charge in [0.25, 0.3) is 11.8 Å². The largest absolute Gasteiger partial charge is 0.454 e. The van der Waals surface area contributed by atoms with Crippen molar-refractivity contribution in [1.82, 2.24) is 5.32 Å². The molecule has 0 saturated carbocycles. The third-order valence-corrected chi connectivity index (χ3v) is 4.24. The first kappa shape index (κ1) is 22.7. The molecule has 2 aromatic carbocycles. The van der Waals surface area contributed by atoms with E-state index in [0.717, 1.165) is 12.1 Å². The minimum absolute atomic E-state index is 0.188. The number of carbonyl (C=O) groups is 4. The van der Waals surface area contributed by atoms with E-state index in [4.69, 9.17) is 4.74 Å². The average Bonchev–Trinajstić information content (AvgIpc) is 2.70. The van der Waals surface area contributed by atoms with Crippen molar-refractivity contribution >= 4 is 29.3 Å². The molecule has 0 aliphatic rings. The van der Waals surface area contributed by atoms with Crippen LogP contribution >= 0.6 is 0 Å². The Kier molecular flexibility index (Phi) is 7.80. The van der Waals surface area contributed by atoms with Crippen LogP contribution in [0.3, 0.4) is 0 Å². The molecule has 0 heterocycles. The zero-order valence-electron chi connectivity index (χ0n) is 16.9. The van der Waals surface area contributed by atoms with Gasteiger partial charge in [0.15, 0.2) is 12.4 Å². The van der Waals surface area contributed by atoms with E-state index in [-0.39, 0.29) is 17.3 Å². The number of amides is 2. The van der Waals surface area contributed by atoms with Gasteiger partial charge in [-0.05, 0) is 49.2 Å². The number of hydrogen-bond acceptors (Lipinski definition) is 5. The van der Waals surface area contributed by atoms with Gasteiger partial charge in [-0.3, -0.25) is 14.4 Å². The van der Waals surface area contributed by atoms with Gasteiger partial charge in [-0.1, -0.05) is 26.0 Å². The van der Waals surface area contributed by atoms with Crippen LogP contribution in [-0.2, 0) is 14.3 Å². The summed E-state index contributed by atoms with van der Waals surface area (Å²) in [6.07, 6.45) is 0. The molecule has 0 aromatic heterocycles. The highest BCUT2D eigenvalue weighted by Gasteiger charge is 2.27. The molecule has 0 spiro atoms. The molecule has 158 valence electrons. The summed E-state index contributed by atoms with van der Waals surface area (Å²) in [7, 11) is 0. The molecule has 0 saturated heterocycles. The van der Waals surface area contributed by atoms with Crippen LogP contribution in [0.25, 0.3) is 0 Å². The Balaban J connectivity index is 1.96. The second-order valence-electron chi connectivity index (χ2n) is 6.96. The van der Waals surface area contributed by atoms with Crippen LogP contribution in [0.2, 0.25) is 0 Å². The molecule has 0 aliphatic carbocycles. The first-order valence-corrected chi connectivity index (χ1v) is 9.32. The van der Waals surface area contributed by atoms with Gasteiger partial charge in [-0.15, -0.1) is 0 Å². The van der Waals surface area contributed by atoms with Gasteiger partial charge < -0.3 is 15.4 Å². The van der Waals surface area contributed by atoms with Crippen molar-refractivity contribution in [2.45, 2.75) is 26.8 Å². The summed E-state index contributed by atoms with van der Waals surface area (Å²) in [6.45, 7) is 4.21. The van der Waals surface area contributed by atoms with Crippen LogP contribution in [0.15, 0.2) is 48.5 Å². The first-order valence-electron chi connectivity index (χ1n) is 9.32. The standard InChI is InChI=1S/C22H23FN2O5/c1-13(2)20(25-21(28)15-8-10-16(23)11-9-15)22(29)30-12-19(27)24-18-7-5-4-6-17(18)14(3)26/h4-11,13,20H,12H2,1-3H3,(H,24,27)(H,25,28)/t20-/m0/s1. The van der Waals surface area contributed by atoms with Gasteiger partial charge in [0.2, 0.25) is 0 Å². The quantitative estimate of drug-likeness (QED) is 0.511. The average molecular weight is 414 g/mol. The van der Waals surface area contributed by atoms with E-state index in [2.05, 4.69) is 10.6 Å². The van der Waals surface area contributed by atoms with Crippen LogP contribution in [-0.4, -0.2) is 36.2 Å². The Bertz CT molecular complexity index is 941. The lowest BCUT2D eigenvalue weighted by Gasteiger charge is -2.21. The number of esters is 1. The lowest BCUT2D eigenvalue weighted by molar-refractivity contribution is -0.150. The maximum atomic E-state index is 13.0. The highest BCUT2D eigenvalue weighted by molar-refractivity contribution is 6.04.